The molecule has 1 aliphatic rings. The van der Waals surface area contributed by atoms with Gasteiger partial charge in [-0.15, -0.1) is 11.3 Å². The molecule has 0 aromatic carbocycles. The molecule has 2 rings (SSSR count). The zero-order valence-corrected chi connectivity index (χ0v) is 15.9. The maximum atomic E-state index is 5.67. The second kappa shape index (κ2) is 10.6. The Labute approximate surface area is 149 Å². The van der Waals surface area contributed by atoms with Crippen LogP contribution in [0.25, 0.3) is 0 Å². The van der Waals surface area contributed by atoms with Crippen LogP contribution in [0.2, 0.25) is 0 Å². The Balaban J connectivity index is 1.84. The number of likely N-dealkylation sites (tertiary alicyclic amines) is 1. The van der Waals surface area contributed by atoms with Crippen molar-refractivity contribution in [2.45, 2.75) is 33.2 Å². The highest BCUT2D eigenvalue weighted by molar-refractivity contribution is 7.11. The van der Waals surface area contributed by atoms with E-state index < -0.39 is 0 Å². The van der Waals surface area contributed by atoms with Crippen molar-refractivity contribution in [3.05, 3.63) is 16.1 Å². The van der Waals surface area contributed by atoms with Crippen LogP contribution >= 0.6 is 11.3 Å². The molecule has 0 aliphatic carbocycles. The fourth-order valence-electron chi connectivity index (χ4n) is 2.71. The standard InChI is InChI=1S/C17H30N4O2S/c1-4-15-10-19-16(24-15)11-20-17(18-5-2)21-7-6-14(12-21)13-23-9-8-22-3/h10,14H,4-9,11-13H2,1-3H3,(H,18,20). The van der Waals surface area contributed by atoms with Crippen molar-refractivity contribution in [2.75, 3.05) is 46.6 Å². The van der Waals surface area contributed by atoms with Crippen molar-refractivity contribution < 1.29 is 9.47 Å². The van der Waals surface area contributed by atoms with Gasteiger partial charge in [-0.3, -0.25) is 0 Å². The second-order valence-electron chi connectivity index (χ2n) is 5.91. The van der Waals surface area contributed by atoms with E-state index in [1.807, 2.05) is 6.20 Å². The van der Waals surface area contributed by atoms with Gasteiger partial charge < -0.3 is 19.7 Å². The van der Waals surface area contributed by atoms with Gasteiger partial charge >= 0.3 is 0 Å². The first-order chi connectivity index (χ1) is 11.8. The highest BCUT2D eigenvalue weighted by atomic mass is 32.1. The van der Waals surface area contributed by atoms with E-state index >= 15 is 0 Å². The number of hydrogen-bond donors (Lipinski definition) is 1. The molecule has 1 fully saturated rings. The molecule has 0 radical (unpaired) electrons. The van der Waals surface area contributed by atoms with Crippen LogP contribution in [0, 0.1) is 5.92 Å². The molecular formula is C17H30N4O2S. The van der Waals surface area contributed by atoms with Gasteiger partial charge in [-0.2, -0.15) is 0 Å². The average Bonchev–Trinajstić information content (AvgIpc) is 3.25. The Morgan fingerprint density at radius 2 is 2.33 bits per heavy atom. The van der Waals surface area contributed by atoms with E-state index in [2.05, 4.69) is 29.0 Å². The van der Waals surface area contributed by atoms with Gasteiger partial charge in [-0.25, -0.2) is 9.98 Å². The van der Waals surface area contributed by atoms with Crippen LogP contribution in [0.15, 0.2) is 11.2 Å². The van der Waals surface area contributed by atoms with E-state index in [0.29, 0.717) is 25.7 Å². The third-order valence-corrected chi connectivity index (χ3v) is 5.15. The van der Waals surface area contributed by atoms with Crippen molar-refractivity contribution in [1.29, 1.82) is 0 Å². The lowest BCUT2D eigenvalue weighted by molar-refractivity contribution is 0.0536. The van der Waals surface area contributed by atoms with Gasteiger partial charge in [-0.05, 0) is 19.8 Å². The molecule has 0 spiro atoms. The molecule has 6 nitrogen and oxygen atoms in total. The van der Waals surface area contributed by atoms with Crippen LogP contribution in [0.5, 0.6) is 0 Å². The molecule has 1 unspecified atom stereocenters. The largest absolute Gasteiger partial charge is 0.382 e. The summed E-state index contributed by atoms with van der Waals surface area (Å²) in [5, 5.41) is 4.49. The minimum Gasteiger partial charge on any atom is -0.382 e. The number of thiazole rings is 1. The number of aromatic nitrogens is 1. The Kier molecular flexibility index (Phi) is 8.49. The minimum absolute atomic E-state index is 0.567. The number of hydrogen-bond acceptors (Lipinski definition) is 5. The van der Waals surface area contributed by atoms with Crippen molar-refractivity contribution >= 4 is 17.3 Å². The molecule has 1 saturated heterocycles. The highest BCUT2D eigenvalue weighted by Gasteiger charge is 2.25. The van der Waals surface area contributed by atoms with Crippen molar-refractivity contribution in [3.63, 3.8) is 0 Å². The summed E-state index contributed by atoms with van der Waals surface area (Å²) >= 11 is 1.76. The third kappa shape index (κ3) is 6.03. The SMILES string of the molecule is CCNC(=NCc1ncc(CC)s1)N1CCC(COCCOC)C1. The van der Waals surface area contributed by atoms with Crippen molar-refractivity contribution in [2.24, 2.45) is 10.9 Å². The maximum Gasteiger partial charge on any atom is 0.194 e. The van der Waals surface area contributed by atoms with Crippen LogP contribution < -0.4 is 5.32 Å². The first-order valence-electron chi connectivity index (χ1n) is 8.80. The van der Waals surface area contributed by atoms with Crippen LogP contribution in [-0.4, -0.2) is 62.4 Å². The number of nitrogens with zero attached hydrogens (tertiary/aromatic N) is 3. The minimum atomic E-state index is 0.567. The lowest BCUT2D eigenvalue weighted by Crippen LogP contribution is -2.40. The number of guanidine groups is 1. The molecule has 1 aromatic heterocycles. The molecule has 0 saturated carbocycles. The zero-order chi connectivity index (χ0) is 17.2. The predicted molar refractivity (Wildman–Crippen MR) is 98.7 cm³/mol. The van der Waals surface area contributed by atoms with Gasteiger partial charge in [-0.1, -0.05) is 6.92 Å². The average molecular weight is 355 g/mol. The summed E-state index contributed by atoms with van der Waals surface area (Å²) in [5.41, 5.74) is 0. The molecule has 0 bridgehead atoms. The van der Waals surface area contributed by atoms with Gasteiger partial charge in [0, 0.05) is 43.7 Å². The Hall–Kier alpha value is -1.18. The second-order valence-corrected chi connectivity index (χ2v) is 7.11. The quantitative estimate of drug-likeness (QED) is 0.418. The van der Waals surface area contributed by atoms with Gasteiger partial charge in [0.15, 0.2) is 5.96 Å². The molecule has 2 heterocycles. The fraction of sp³-hybridized carbons (Fsp3) is 0.765. The number of nitrogens with one attached hydrogen (secondary N) is 1. The summed E-state index contributed by atoms with van der Waals surface area (Å²) in [5.74, 6) is 1.56. The van der Waals surface area contributed by atoms with Crippen molar-refractivity contribution in [1.82, 2.24) is 15.2 Å². The lowest BCUT2D eigenvalue weighted by Gasteiger charge is -2.21. The Morgan fingerprint density at radius 1 is 1.46 bits per heavy atom. The fourth-order valence-corrected chi connectivity index (χ4v) is 3.49. The first kappa shape index (κ1) is 19.1. The van der Waals surface area contributed by atoms with Gasteiger partial charge in [0.25, 0.3) is 0 Å². The van der Waals surface area contributed by atoms with Gasteiger partial charge in [0.2, 0.25) is 0 Å². The van der Waals surface area contributed by atoms with E-state index in [-0.39, 0.29) is 0 Å². The predicted octanol–water partition coefficient (Wildman–Crippen LogP) is 2.16. The summed E-state index contributed by atoms with van der Waals surface area (Å²) < 4.78 is 10.7. The van der Waals surface area contributed by atoms with Gasteiger partial charge in [0.1, 0.15) is 5.01 Å². The summed E-state index contributed by atoms with van der Waals surface area (Å²) in [6.45, 7) is 9.95. The summed E-state index contributed by atoms with van der Waals surface area (Å²) in [6, 6.07) is 0. The zero-order valence-electron chi connectivity index (χ0n) is 15.1. The number of methoxy groups -OCH3 is 1. The first-order valence-corrected chi connectivity index (χ1v) is 9.62. The summed E-state index contributed by atoms with van der Waals surface area (Å²) in [4.78, 5) is 12.9. The number of ether oxygens (including phenoxy) is 2. The third-order valence-electron chi connectivity index (χ3n) is 4.02. The van der Waals surface area contributed by atoms with Gasteiger partial charge in [0.05, 0.1) is 26.4 Å². The summed E-state index contributed by atoms with van der Waals surface area (Å²) in [6.07, 6.45) is 4.15. The number of aryl methyl sites for hydroxylation is 1. The van der Waals surface area contributed by atoms with E-state index in [0.717, 1.165) is 50.0 Å². The molecule has 136 valence electrons. The topological polar surface area (TPSA) is 59.0 Å². The van der Waals surface area contributed by atoms with E-state index in [1.54, 1.807) is 18.4 Å². The molecule has 1 N–H and O–H groups in total. The number of rotatable bonds is 9. The Morgan fingerprint density at radius 3 is 3.04 bits per heavy atom. The highest BCUT2D eigenvalue weighted by Crippen LogP contribution is 2.18. The normalized spacial score (nSPS) is 18.4. The molecule has 0 amide bonds. The summed E-state index contributed by atoms with van der Waals surface area (Å²) in [7, 11) is 1.70. The van der Waals surface area contributed by atoms with Crippen LogP contribution in [0.4, 0.5) is 0 Å². The van der Waals surface area contributed by atoms with E-state index in [1.165, 1.54) is 4.88 Å². The molecule has 7 heteroatoms. The molecule has 24 heavy (non-hydrogen) atoms. The molecule has 1 aliphatic heterocycles. The molecular weight excluding hydrogens is 324 g/mol. The molecule has 1 aromatic rings. The van der Waals surface area contributed by atoms with Crippen LogP contribution in [-0.2, 0) is 22.4 Å². The Bertz CT molecular complexity index is 507. The van der Waals surface area contributed by atoms with E-state index in [9.17, 15) is 0 Å². The van der Waals surface area contributed by atoms with Crippen LogP contribution in [0.1, 0.15) is 30.2 Å². The number of aliphatic imine (C=N–C) groups is 1. The monoisotopic (exact) mass is 354 g/mol. The lowest BCUT2D eigenvalue weighted by atomic mass is 10.1. The smallest absolute Gasteiger partial charge is 0.194 e. The van der Waals surface area contributed by atoms with E-state index in [4.69, 9.17) is 14.5 Å². The van der Waals surface area contributed by atoms with Crippen molar-refractivity contribution in [3.8, 4) is 0 Å². The molecule has 1 atom stereocenters. The maximum absolute atomic E-state index is 5.67. The van der Waals surface area contributed by atoms with Crippen LogP contribution in [0.3, 0.4) is 0 Å².